The molecule has 0 radical (unpaired) electrons. The van der Waals surface area contributed by atoms with Crippen LogP contribution in [0.25, 0.3) is 0 Å². The largest absolute Gasteiger partial charge is 0.494 e. The van der Waals surface area contributed by atoms with Crippen LogP contribution in [0.3, 0.4) is 0 Å². The molecule has 0 fully saturated rings. The third kappa shape index (κ3) is 7.63. The van der Waals surface area contributed by atoms with E-state index >= 15 is 0 Å². The molecule has 0 aliphatic carbocycles. The summed E-state index contributed by atoms with van der Waals surface area (Å²) < 4.78 is 11.4. The molecule has 2 amide bonds. The van der Waals surface area contributed by atoms with Crippen molar-refractivity contribution in [3.63, 3.8) is 0 Å². The van der Waals surface area contributed by atoms with Crippen LogP contribution in [0.1, 0.15) is 50.2 Å². The number of nitrogens with one attached hydrogen (secondary N) is 2. The van der Waals surface area contributed by atoms with Crippen LogP contribution >= 0.6 is 0 Å². The normalized spacial score (nSPS) is 12.6. The maximum atomic E-state index is 12.0. The van der Waals surface area contributed by atoms with Gasteiger partial charge in [-0.2, -0.15) is 0 Å². The number of aryl methyl sites for hydroxylation is 1. The summed E-state index contributed by atoms with van der Waals surface area (Å²) in [5, 5.41) is 5.83. The fourth-order valence-electron chi connectivity index (χ4n) is 3.39. The molecule has 0 saturated carbocycles. The van der Waals surface area contributed by atoms with Crippen LogP contribution in [0.5, 0.6) is 11.5 Å². The van der Waals surface area contributed by atoms with Crippen molar-refractivity contribution in [2.24, 2.45) is 0 Å². The van der Waals surface area contributed by atoms with Crippen molar-refractivity contribution in [1.29, 1.82) is 0 Å². The SMILES string of the molecule is CCCCOc1ccc(CCNC(=O)CCCOc2ccc3c(c2)CCC(=O)N3)cc1. The van der Waals surface area contributed by atoms with E-state index in [4.69, 9.17) is 9.47 Å². The van der Waals surface area contributed by atoms with E-state index < -0.39 is 0 Å². The zero-order valence-electron chi connectivity index (χ0n) is 18.2. The molecule has 6 heteroatoms. The van der Waals surface area contributed by atoms with Crippen LogP contribution < -0.4 is 20.1 Å². The molecular formula is C25H32N2O4. The zero-order valence-corrected chi connectivity index (χ0v) is 18.2. The van der Waals surface area contributed by atoms with Crippen LogP contribution in [-0.4, -0.2) is 31.6 Å². The first kappa shape index (κ1) is 22.7. The summed E-state index contributed by atoms with van der Waals surface area (Å²) in [7, 11) is 0. The van der Waals surface area contributed by atoms with Gasteiger partial charge in [-0.05, 0) is 67.1 Å². The molecular weight excluding hydrogens is 392 g/mol. The number of benzene rings is 2. The van der Waals surface area contributed by atoms with Gasteiger partial charge in [0.05, 0.1) is 13.2 Å². The number of anilines is 1. The van der Waals surface area contributed by atoms with Gasteiger partial charge in [0.2, 0.25) is 11.8 Å². The molecule has 6 nitrogen and oxygen atoms in total. The highest BCUT2D eigenvalue weighted by Gasteiger charge is 2.15. The van der Waals surface area contributed by atoms with Crippen LogP contribution in [0.15, 0.2) is 42.5 Å². The first-order valence-electron chi connectivity index (χ1n) is 11.2. The summed E-state index contributed by atoms with van der Waals surface area (Å²) in [5.74, 6) is 1.76. The van der Waals surface area contributed by atoms with Crippen molar-refractivity contribution in [3.8, 4) is 11.5 Å². The first-order valence-corrected chi connectivity index (χ1v) is 11.2. The van der Waals surface area contributed by atoms with Gasteiger partial charge >= 0.3 is 0 Å². The Balaban J connectivity index is 1.28. The molecule has 0 atom stereocenters. The average Bonchev–Trinajstić information content (AvgIpc) is 2.78. The predicted molar refractivity (Wildman–Crippen MR) is 122 cm³/mol. The molecule has 0 unspecified atom stereocenters. The molecule has 3 rings (SSSR count). The minimum Gasteiger partial charge on any atom is -0.494 e. The quantitative estimate of drug-likeness (QED) is 0.499. The lowest BCUT2D eigenvalue weighted by atomic mass is 10.0. The Bertz CT molecular complexity index is 864. The predicted octanol–water partition coefficient (Wildman–Crippen LogP) is 4.27. The topological polar surface area (TPSA) is 76.7 Å². The molecule has 1 aliphatic heterocycles. The Morgan fingerprint density at radius 3 is 2.55 bits per heavy atom. The molecule has 1 heterocycles. The highest BCUT2D eigenvalue weighted by atomic mass is 16.5. The minimum atomic E-state index is 0.0382. The summed E-state index contributed by atoms with van der Waals surface area (Å²) in [6.45, 7) is 4.00. The van der Waals surface area contributed by atoms with Crippen LogP contribution in [-0.2, 0) is 22.4 Å². The molecule has 0 spiro atoms. The van der Waals surface area contributed by atoms with Crippen LogP contribution in [0, 0.1) is 0 Å². The van der Waals surface area contributed by atoms with Gasteiger partial charge in [-0.1, -0.05) is 25.5 Å². The number of amides is 2. The summed E-state index contributed by atoms with van der Waals surface area (Å²) in [6, 6.07) is 13.8. The lowest BCUT2D eigenvalue weighted by molar-refractivity contribution is -0.121. The smallest absolute Gasteiger partial charge is 0.224 e. The van der Waals surface area contributed by atoms with Crippen molar-refractivity contribution >= 4 is 17.5 Å². The van der Waals surface area contributed by atoms with Crippen molar-refractivity contribution in [1.82, 2.24) is 5.32 Å². The van der Waals surface area contributed by atoms with E-state index in [0.717, 1.165) is 55.0 Å². The van der Waals surface area contributed by atoms with Crippen molar-refractivity contribution in [2.75, 3.05) is 25.1 Å². The lowest BCUT2D eigenvalue weighted by Crippen LogP contribution is -2.25. The van der Waals surface area contributed by atoms with E-state index in [2.05, 4.69) is 17.6 Å². The molecule has 0 bridgehead atoms. The average molecular weight is 425 g/mol. The van der Waals surface area contributed by atoms with Gasteiger partial charge in [-0.25, -0.2) is 0 Å². The molecule has 166 valence electrons. The Morgan fingerprint density at radius 1 is 1.00 bits per heavy atom. The molecule has 1 aliphatic rings. The van der Waals surface area contributed by atoms with E-state index in [-0.39, 0.29) is 11.8 Å². The van der Waals surface area contributed by atoms with E-state index in [1.54, 1.807) is 0 Å². The van der Waals surface area contributed by atoms with Crippen LogP contribution in [0.4, 0.5) is 5.69 Å². The maximum Gasteiger partial charge on any atom is 0.224 e. The number of fused-ring (bicyclic) bond motifs is 1. The highest BCUT2D eigenvalue weighted by Crippen LogP contribution is 2.26. The second-order valence-electron chi connectivity index (χ2n) is 7.77. The van der Waals surface area contributed by atoms with Gasteiger partial charge in [0.25, 0.3) is 0 Å². The summed E-state index contributed by atoms with van der Waals surface area (Å²) >= 11 is 0. The lowest BCUT2D eigenvalue weighted by Gasteiger charge is -2.17. The standard InChI is InChI=1S/C25H32N2O4/c1-2-3-16-30-21-9-6-19(7-10-21)14-15-26-24(28)5-4-17-31-22-11-12-23-20(18-22)8-13-25(29)27-23/h6-7,9-12,18H,2-5,8,13-17H2,1H3,(H,26,28)(H,27,29). The number of hydrogen-bond donors (Lipinski definition) is 2. The first-order chi connectivity index (χ1) is 15.1. The molecule has 0 aromatic heterocycles. The number of carbonyl (C=O) groups is 2. The molecule has 31 heavy (non-hydrogen) atoms. The van der Waals surface area contributed by atoms with Gasteiger partial charge in [0, 0.05) is 25.1 Å². The number of rotatable bonds is 12. The summed E-state index contributed by atoms with van der Waals surface area (Å²) in [6.07, 6.45) is 5.31. The fourth-order valence-corrected chi connectivity index (χ4v) is 3.39. The number of hydrogen-bond acceptors (Lipinski definition) is 4. The Labute approximate surface area is 184 Å². The zero-order chi connectivity index (χ0) is 21.9. The number of unbranched alkanes of at least 4 members (excludes halogenated alkanes) is 1. The van der Waals surface area contributed by atoms with Gasteiger partial charge in [0.1, 0.15) is 11.5 Å². The van der Waals surface area contributed by atoms with E-state index in [1.165, 1.54) is 5.56 Å². The van der Waals surface area contributed by atoms with Crippen molar-refractivity contribution < 1.29 is 19.1 Å². The third-order valence-corrected chi connectivity index (χ3v) is 5.21. The Morgan fingerprint density at radius 2 is 1.74 bits per heavy atom. The second-order valence-corrected chi connectivity index (χ2v) is 7.77. The third-order valence-electron chi connectivity index (χ3n) is 5.21. The minimum absolute atomic E-state index is 0.0382. The van der Waals surface area contributed by atoms with Gasteiger partial charge < -0.3 is 20.1 Å². The van der Waals surface area contributed by atoms with Gasteiger partial charge in [-0.3, -0.25) is 9.59 Å². The van der Waals surface area contributed by atoms with E-state index in [0.29, 0.717) is 32.4 Å². The second kappa shape index (κ2) is 12.0. The van der Waals surface area contributed by atoms with Gasteiger partial charge in [-0.15, -0.1) is 0 Å². The Hall–Kier alpha value is -3.02. The molecule has 2 N–H and O–H groups in total. The monoisotopic (exact) mass is 424 g/mol. The van der Waals surface area contributed by atoms with Crippen molar-refractivity contribution in [2.45, 2.75) is 51.9 Å². The van der Waals surface area contributed by atoms with Gasteiger partial charge in [0.15, 0.2) is 0 Å². The van der Waals surface area contributed by atoms with E-state index in [9.17, 15) is 9.59 Å². The molecule has 0 saturated heterocycles. The van der Waals surface area contributed by atoms with Crippen molar-refractivity contribution in [3.05, 3.63) is 53.6 Å². The highest BCUT2D eigenvalue weighted by molar-refractivity contribution is 5.94. The molecule has 2 aromatic carbocycles. The summed E-state index contributed by atoms with van der Waals surface area (Å²) in [5.41, 5.74) is 3.13. The Kier molecular flexibility index (Phi) is 8.76. The number of ether oxygens (including phenoxy) is 2. The number of carbonyl (C=O) groups excluding carboxylic acids is 2. The fraction of sp³-hybridized carbons (Fsp3) is 0.440. The maximum absolute atomic E-state index is 12.0. The molecule has 2 aromatic rings. The van der Waals surface area contributed by atoms with E-state index in [1.807, 2.05) is 42.5 Å². The van der Waals surface area contributed by atoms with Crippen LogP contribution in [0.2, 0.25) is 0 Å². The summed E-state index contributed by atoms with van der Waals surface area (Å²) in [4.78, 5) is 23.5.